The summed E-state index contributed by atoms with van der Waals surface area (Å²) in [5, 5.41) is 8.82. The largest absolute Gasteiger partial charge is 0.490 e. The van der Waals surface area contributed by atoms with Crippen molar-refractivity contribution in [2.75, 3.05) is 6.61 Å². The first kappa shape index (κ1) is 19.0. The van der Waals surface area contributed by atoms with E-state index in [0.717, 1.165) is 11.3 Å². The molecule has 5 nitrogen and oxygen atoms in total. The van der Waals surface area contributed by atoms with Crippen molar-refractivity contribution >= 4 is 17.8 Å². The minimum absolute atomic E-state index is 0.158. The Balaban J connectivity index is 1.97. The molecule has 0 bridgehead atoms. The lowest BCUT2D eigenvalue weighted by Gasteiger charge is -2.10. The minimum Gasteiger partial charge on any atom is -0.490 e. The van der Waals surface area contributed by atoms with Gasteiger partial charge < -0.3 is 14.6 Å². The minimum atomic E-state index is -1.05. The van der Waals surface area contributed by atoms with Gasteiger partial charge in [0.1, 0.15) is 18.1 Å². The molecular formula is C21H20O5. The number of carbonyl (C=O) groups excluding carboxylic acids is 1. The predicted molar refractivity (Wildman–Crippen MR) is 99.7 cm³/mol. The highest BCUT2D eigenvalue weighted by Gasteiger charge is 2.12. The third kappa shape index (κ3) is 5.63. The van der Waals surface area contributed by atoms with Crippen LogP contribution in [0.2, 0.25) is 0 Å². The normalized spacial score (nSPS) is 11.7. The molecule has 1 unspecified atom stereocenters. The van der Waals surface area contributed by atoms with Crippen LogP contribution < -0.4 is 9.47 Å². The molecule has 0 saturated heterocycles. The fraction of sp³-hybridized carbons (Fsp3) is 0.143. The van der Waals surface area contributed by atoms with Gasteiger partial charge in [-0.05, 0) is 55.0 Å². The van der Waals surface area contributed by atoms with Crippen molar-refractivity contribution in [3.63, 3.8) is 0 Å². The van der Waals surface area contributed by atoms with Gasteiger partial charge in [0.15, 0.2) is 11.9 Å². The van der Waals surface area contributed by atoms with Gasteiger partial charge in [-0.25, -0.2) is 4.79 Å². The van der Waals surface area contributed by atoms with Gasteiger partial charge in [0.05, 0.1) is 0 Å². The summed E-state index contributed by atoms with van der Waals surface area (Å²) in [6.07, 6.45) is 3.92. The molecule has 2 aromatic rings. The molecular weight excluding hydrogens is 332 g/mol. The van der Waals surface area contributed by atoms with E-state index in [4.69, 9.17) is 14.6 Å². The van der Waals surface area contributed by atoms with Gasteiger partial charge in [-0.1, -0.05) is 30.9 Å². The van der Waals surface area contributed by atoms with E-state index >= 15 is 0 Å². The third-order valence-electron chi connectivity index (χ3n) is 3.47. The van der Waals surface area contributed by atoms with Crippen LogP contribution in [0.1, 0.15) is 22.8 Å². The van der Waals surface area contributed by atoms with Crippen LogP contribution in [0.5, 0.6) is 11.5 Å². The maximum absolute atomic E-state index is 12.2. The summed E-state index contributed by atoms with van der Waals surface area (Å²) in [7, 11) is 0. The summed E-state index contributed by atoms with van der Waals surface area (Å²) in [6, 6.07) is 13.7. The van der Waals surface area contributed by atoms with E-state index in [-0.39, 0.29) is 5.78 Å². The number of aliphatic carboxylic acids is 1. The summed E-state index contributed by atoms with van der Waals surface area (Å²) in [4.78, 5) is 23.0. The van der Waals surface area contributed by atoms with E-state index in [0.29, 0.717) is 17.9 Å². The second kappa shape index (κ2) is 9.22. The van der Waals surface area contributed by atoms with Crippen LogP contribution in [-0.2, 0) is 4.79 Å². The SMILES string of the molecule is C=CCOc1ccc(/C=C/C(=O)c2ccc(OC(C)C(=O)O)cc2)cc1. The molecule has 5 heteroatoms. The molecule has 0 aliphatic carbocycles. The third-order valence-corrected chi connectivity index (χ3v) is 3.47. The molecule has 0 aliphatic heterocycles. The summed E-state index contributed by atoms with van der Waals surface area (Å²) in [6.45, 7) is 5.48. The molecule has 0 aliphatic rings. The number of hydrogen-bond acceptors (Lipinski definition) is 4. The van der Waals surface area contributed by atoms with E-state index in [9.17, 15) is 9.59 Å². The van der Waals surface area contributed by atoms with Gasteiger partial charge in [0.2, 0.25) is 0 Å². The predicted octanol–water partition coefficient (Wildman–Crippen LogP) is 4.00. The van der Waals surface area contributed by atoms with Gasteiger partial charge in [-0.15, -0.1) is 0 Å². The Hall–Kier alpha value is -3.34. The van der Waals surface area contributed by atoms with Crippen molar-refractivity contribution in [1.82, 2.24) is 0 Å². The molecule has 134 valence electrons. The van der Waals surface area contributed by atoms with E-state index in [1.807, 2.05) is 24.3 Å². The van der Waals surface area contributed by atoms with E-state index < -0.39 is 12.1 Å². The number of allylic oxidation sites excluding steroid dienone is 1. The maximum atomic E-state index is 12.2. The molecule has 1 N–H and O–H groups in total. The van der Waals surface area contributed by atoms with Gasteiger partial charge in [0, 0.05) is 5.56 Å². The van der Waals surface area contributed by atoms with Gasteiger partial charge in [-0.3, -0.25) is 4.79 Å². The fourth-order valence-electron chi connectivity index (χ4n) is 2.05. The maximum Gasteiger partial charge on any atom is 0.344 e. The topological polar surface area (TPSA) is 72.8 Å². The second-order valence-corrected chi connectivity index (χ2v) is 5.49. The van der Waals surface area contributed by atoms with E-state index in [2.05, 4.69) is 6.58 Å². The molecule has 0 aromatic heterocycles. The molecule has 0 heterocycles. The quantitative estimate of drug-likeness (QED) is 0.419. The number of ketones is 1. The molecule has 0 fully saturated rings. The van der Waals surface area contributed by atoms with Crippen LogP contribution in [-0.4, -0.2) is 29.6 Å². The zero-order chi connectivity index (χ0) is 18.9. The first-order valence-electron chi connectivity index (χ1n) is 8.05. The number of hydrogen-bond donors (Lipinski definition) is 1. The summed E-state index contributed by atoms with van der Waals surface area (Å²) in [5.74, 6) is -0.0705. The number of ether oxygens (including phenoxy) is 2. The number of rotatable bonds is 9. The summed E-state index contributed by atoms with van der Waals surface area (Å²) < 4.78 is 10.6. The molecule has 0 saturated carbocycles. The van der Waals surface area contributed by atoms with Crippen molar-refractivity contribution in [2.24, 2.45) is 0 Å². The average molecular weight is 352 g/mol. The fourth-order valence-corrected chi connectivity index (χ4v) is 2.05. The first-order valence-corrected chi connectivity index (χ1v) is 8.05. The van der Waals surface area contributed by atoms with Crippen LogP contribution in [0.4, 0.5) is 0 Å². The zero-order valence-electron chi connectivity index (χ0n) is 14.4. The van der Waals surface area contributed by atoms with Crippen LogP contribution in [0.25, 0.3) is 6.08 Å². The molecule has 0 radical (unpaired) electrons. The van der Waals surface area contributed by atoms with Crippen molar-refractivity contribution < 1.29 is 24.2 Å². The van der Waals surface area contributed by atoms with Gasteiger partial charge in [0.25, 0.3) is 0 Å². The number of carbonyl (C=O) groups is 2. The highest BCUT2D eigenvalue weighted by atomic mass is 16.5. The van der Waals surface area contributed by atoms with Crippen molar-refractivity contribution in [2.45, 2.75) is 13.0 Å². The Morgan fingerprint density at radius 1 is 1.08 bits per heavy atom. The number of benzene rings is 2. The number of carboxylic acids is 1. The first-order chi connectivity index (χ1) is 12.5. The van der Waals surface area contributed by atoms with Crippen LogP contribution in [0.15, 0.2) is 67.3 Å². The van der Waals surface area contributed by atoms with Crippen LogP contribution in [0.3, 0.4) is 0 Å². The molecule has 0 amide bonds. The Morgan fingerprint density at radius 3 is 2.27 bits per heavy atom. The Kier molecular flexibility index (Phi) is 6.74. The lowest BCUT2D eigenvalue weighted by Crippen LogP contribution is -2.22. The second-order valence-electron chi connectivity index (χ2n) is 5.49. The molecule has 0 spiro atoms. The summed E-state index contributed by atoms with van der Waals surface area (Å²) in [5.41, 5.74) is 1.36. The highest BCUT2D eigenvalue weighted by Crippen LogP contribution is 2.16. The lowest BCUT2D eigenvalue weighted by atomic mass is 10.1. The molecule has 1 atom stereocenters. The number of carboxylic acid groups (broad SMARTS) is 1. The van der Waals surface area contributed by atoms with Crippen LogP contribution in [0, 0.1) is 0 Å². The monoisotopic (exact) mass is 352 g/mol. The smallest absolute Gasteiger partial charge is 0.344 e. The van der Waals surface area contributed by atoms with E-state index in [1.165, 1.54) is 13.0 Å². The summed E-state index contributed by atoms with van der Waals surface area (Å²) >= 11 is 0. The average Bonchev–Trinajstić information content (AvgIpc) is 2.65. The lowest BCUT2D eigenvalue weighted by molar-refractivity contribution is -0.144. The van der Waals surface area contributed by atoms with Crippen molar-refractivity contribution in [1.29, 1.82) is 0 Å². The van der Waals surface area contributed by atoms with Gasteiger partial charge in [-0.2, -0.15) is 0 Å². The van der Waals surface area contributed by atoms with Crippen molar-refractivity contribution in [3.05, 3.63) is 78.4 Å². The standard InChI is InChI=1S/C21H20O5/c1-3-14-25-18-9-4-16(5-10-18)6-13-20(22)17-7-11-19(12-8-17)26-15(2)21(23)24/h3-13,15H,1,14H2,2H3,(H,23,24)/b13-6+. The van der Waals surface area contributed by atoms with Crippen LogP contribution >= 0.6 is 0 Å². The Labute approximate surface area is 152 Å². The van der Waals surface area contributed by atoms with E-state index in [1.54, 1.807) is 36.4 Å². The Bertz CT molecular complexity index is 788. The van der Waals surface area contributed by atoms with Crippen molar-refractivity contribution in [3.8, 4) is 11.5 Å². The molecule has 2 aromatic carbocycles. The Morgan fingerprint density at radius 2 is 1.69 bits per heavy atom. The van der Waals surface area contributed by atoms with Gasteiger partial charge >= 0.3 is 5.97 Å². The molecule has 2 rings (SSSR count). The zero-order valence-corrected chi connectivity index (χ0v) is 14.4. The highest BCUT2D eigenvalue weighted by molar-refractivity contribution is 6.06. The molecule has 26 heavy (non-hydrogen) atoms.